The fourth-order valence-electron chi connectivity index (χ4n) is 2.68. The van der Waals surface area contributed by atoms with Gasteiger partial charge in [0, 0.05) is 43.4 Å². The number of rotatable bonds is 8. The molecule has 3 aromatic rings. The lowest BCUT2D eigenvalue weighted by molar-refractivity contribution is 0.200. The molecule has 0 amide bonds. The molecule has 0 spiro atoms. The van der Waals surface area contributed by atoms with Crippen molar-refractivity contribution < 1.29 is 4.74 Å². The van der Waals surface area contributed by atoms with Crippen molar-refractivity contribution in [2.75, 3.05) is 13.7 Å². The van der Waals surface area contributed by atoms with Crippen LogP contribution in [0.25, 0.3) is 0 Å². The normalized spacial score (nSPS) is 11.2. The van der Waals surface area contributed by atoms with Crippen molar-refractivity contribution in [2.45, 2.75) is 32.9 Å². The molecule has 0 saturated carbocycles. The Labute approximate surface area is 152 Å². The van der Waals surface area contributed by atoms with Crippen molar-refractivity contribution in [2.24, 2.45) is 0 Å². The number of halogens is 1. The fourth-order valence-corrected chi connectivity index (χ4v) is 2.90. The van der Waals surface area contributed by atoms with Crippen LogP contribution < -0.4 is 0 Å². The first kappa shape index (κ1) is 17.6. The molecular formula is C18H22ClN5O. The molecule has 3 rings (SSSR count). The molecule has 25 heavy (non-hydrogen) atoms. The molecule has 1 aromatic carbocycles. The van der Waals surface area contributed by atoms with Crippen molar-refractivity contribution >= 4 is 11.6 Å². The molecule has 0 fully saturated rings. The van der Waals surface area contributed by atoms with Gasteiger partial charge in [-0.1, -0.05) is 23.7 Å². The van der Waals surface area contributed by atoms with E-state index in [4.69, 9.17) is 21.3 Å². The van der Waals surface area contributed by atoms with E-state index in [-0.39, 0.29) is 0 Å². The highest BCUT2D eigenvalue weighted by Gasteiger charge is 2.11. The minimum Gasteiger partial charge on any atom is -0.384 e. The van der Waals surface area contributed by atoms with Crippen LogP contribution in [0.1, 0.15) is 22.9 Å². The standard InChI is InChI=1S/C18H22ClN5O/c1-14-6-9-20-23(14)10-7-18-21-17(8-11-25-2)22-24(18)13-15-4-3-5-16(19)12-15/h3-6,9,12H,7-8,10-11,13H2,1-2H3. The Balaban J connectivity index is 1.78. The number of aryl methyl sites for hydroxylation is 3. The lowest BCUT2D eigenvalue weighted by Crippen LogP contribution is -2.11. The van der Waals surface area contributed by atoms with Crippen LogP contribution >= 0.6 is 11.6 Å². The maximum atomic E-state index is 6.10. The van der Waals surface area contributed by atoms with Gasteiger partial charge in [0.25, 0.3) is 0 Å². The van der Waals surface area contributed by atoms with Crippen LogP contribution in [0.2, 0.25) is 5.02 Å². The summed E-state index contributed by atoms with van der Waals surface area (Å²) in [5.74, 6) is 1.75. The quantitative estimate of drug-likeness (QED) is 0.620. The van der Waals surface area contributed by atoms with Crippen LogP contribution in [-0.4, -0.2) is 38.3 Å². The first-order valence-electron chi connectivity index (χ1n) is 8.30. The van der Waals surface area contributed by atoms with E-state index < -0.39 is 0 Å². The van der Waals surface area contributed by atoms with Gasteiger partial charge in [0.1, 0.15) is 5.82 Å². The zero-order valence-corrected chi connectivity index (χ0v) is 15.3. The van der Waals surface area contributed by atoms with Gasteiger partial charge in [-0.3, -0.25) is 4.68 Å². The number of hydrogen-bond donors (Lipinski definition) is 0. The number of benzene rings is 1. The van der Waals surface area contributed by atoms with E-state index in [0.29, 0.717) is 19.6 Å². The van der Waals surface area contributed by atoms with Crippen molar-refractivity contribution in [1.29, 1.82) is 0 Å². The third-order valence-electron chi connectivity index (χ3n) is 4.02. The zero-order valence-electron chi connectivity index (χ0n) is 14.5. The van der Waals surface area contributed by atoms with Crippen molar-refractivity contribution in [3.63, 3.8) is 0 Å². The molecule has 0 bridgehead atoms. The number of nitrogens with zero attached hydrogens (tertiary/aromatic N) is 5. The van der Waals surface area contributed by atoms with Gasteiger partial charge in [0.15, 0.2) is 5.82 Å². The average Bonchev–Trinajstić information content (AvgIpc) is 3.17. The van der Waals surface area contributed by atoms with E-state index in [1.165, 1.54) is 0 Å². The van der Waals surface area contributed by atoms with Gasteiger partial charge in [0.05, 0.1) is 13.2 Å². The second kappa shape index (κ2) is 8.27. The summed E-state index contributed by atoms with van der Waals surface area (Å²) in [6.07, 6.45) is 3.28. The van der Waals surface area contributed by atoms with Gasteiger partial charge < -0.3 is 4.74 Å². The molecule has 2 heterocycles. The molecule has 7 heteroatoms. The topological polar surface area (TPSA) is 57.8 Å². The Hall–Kier alpha value is -2.18. The number of ether oxygens (including phenoxy) is 1. The predicted molar refractivity (Wildman–Crippen MR) is 96.8 cm³/mol. The molecule has 0 aliphatic carbocycles. The Morgan fingerprint density at radius 2 is 2.04 bits per heavy atom. The zero-order chi connectivity index (χ0) is 17.6. The smallest absolute Gasteiger partial charge is 0.153 e. The molecule has 0 atom stereocenters. The highest BCUT2D eigenvalue weighted by Crippen LogP contribution is 2.13. The van der Waals surface area contributed by atoms with E-state index in [1.807, 2.05) is 52.8 Å². The highest BCUT2D eigenvalue weighted by molar-refractivity contribution is 6.30. The minimum atomic E-state index is 0.610. The molecule has 0 aliphatic rings. The van der Waals surface area contributed by atoms with Gasteiger partial charge in [-0.25, -0.2) is 9.67 Å². The number of aromatic nitrogens is 5. The highest BCUT2D eigenvalue weighted by atomic mass is 35.5. The van der Waals surface area contributed by atoms with Crippen LogP contribution in [0.15, 0.2) is 36.5 Å². The third kappa shape index (κ3) is 4.67. The van der Waals surface area contributed by atoms with E-state index in [0.717, 1.165) is 40.9 Å². The van der Waals surface area contributed by atoms with Crippen LogP contribution in [0.5, 0.6) is 0 Å². The Bertz CT molecular complexity index is 826. The van der Waals surface area contributed by atoms with E-state index >= 15 is 0 Å². The Kier molecular flexibility index (Phi) is 5.83. The maximum Gasteiger partial charge on any atom is 0.153 e. The molecule has 0 unspecified atom stereocenters. The minimum absolute atomic E-state index is 0.610. The fraction of sp³-hybridized carbons (Fsp3) is 0.389. The van der Waals surface area contributed by atoms with Gasteiger partial charge in [-0.15, -0.1) is 0 Å². The lowest BCUT2D eigenvalue weighted by Gasteiger charge is -2.08. The van der Waals surface area contributed by atoms with Crippen molar-refractivity contribution in [3.8, 4) is 0 Å². The first-order chi connectivity index (χ1) is 12.2. The monoisotopic (exact) mass is 359 g/mol. The number of hydrogen-bond acceptors (Lipinski definition) is 4. The van der Waals surface area contributed by atoms with E-state index in [1.54, 1.807) is 7.11 Å². The molecule has 6 nitrogen and oxygen atoms in total. The average molecular weight is 360 g/mol. The van der Waals surface area contributed by atoms with E-state index in [2.05, 4.69) is 10.2 Å². The molecule has 0 saturated heterocycles. The molecule has 0 N–H and O–H groups in total. The summed E-state index contributed by atoms with van der Waals surface area (Å²) in [6.45, 7) is 4.08. The van der Waals surface area contributed by atoms with Crippen LogP contribution in [0.3, 0.4) is 0 Å². The molecule has 132 valence electrons. The lowest BCUT2D eigenvalue weighted by atomic mass is 10.2. The third-order valence-corrected chi connectivity index (χ3v) is 4.25. The molecular weight excluding hydrogens is 338 g/mol. The van der Waals surface area contributed by atoms with Gasteiger partial charge in [0.2, 0.25) is 0 Å². The maximum absolute atomic E-state index is 6.10. The summed E-state index contributed by atoms with van der Waals surface area (Å²) >= 11 is 6.10. The van der Waals surface area contributed by atoms with Gasteiger partial charge >= 0.3 is 0 Å². The summed E-state index contributed by atoms with van der Waals surface area (Å²) in [6, 6.07) is 9.83. The SMILES string of the molecule is COCCc1nc(CCn2nccc2C)n(Cc2cccc(Cl)c2)n1. The predicted octanol–water partition coefficient (Wildman–Crippen LogP) is 2.92. The van der Waals surface area contributed by atoms with Crippen molar-refractivity contribution in [3.05, 3.63) is 64.5 Å². The first-order valence-corrected chi connectivity index (χ1v) is 8.68. The van der Waals surface area contributed by atoms with Gasteiger partial charge in [-0.05, 0) is 30.7 Å². The second-order valence-electron chi connectivity index (χ2n) is 5.92. The summed E-state index contributed by atoms with van der Waals surface area (Å²) in [5.41, 5.74) is 2.24. The van der Waals surface area contributed by atoms with Crippen molar-refractivity contribution in [1.82, 2.24) is 24.5 Å². The summed E-state index contributed by atoms with van der Waals surface area (Å²) in [4.78, 5) is 4.69. The van der Waals surface area contributed by atoms with Crippen LogP contribution in [0.4, 0.5) is 0 Å². The summed E-state index contributed by atoms with van der Waals surface area (Å²) < 4.78 is 9.08. The molecule has 0 aliphatic heterocycles. The Morgan fingerprint density at radius 1 is 1.16 bits per heavy atom. The van der Waals surface area contributed by atoms with Crippen LogP contribution in [0, 0.1) is 6.92 Å². The molecule has 0 radical (unpaired) electrons. The largest absolute Gasteiger partial charge is 0.384 e. The second-order valence-corrected chi connectivity index (χ2v) is 6.36. The Morgan fingerprint density at radius 3 is 2.76 bits per heavy atom. The summed E-state index contributed by atoms with van der Waals surface area (Å²) in [7, 11) is 1.68. The van der Waals surface area contributed by atoms with Crippen LogP contribution in [-0.2, 0) is 30.7 Å². The summed E-state index contributed by atoms with van der Waals surface area (Å²) in [5, 5.41) is 9.71. The molecule has 2 aromatic heterocycles. The van der Waals surface area contributed by atoms with E-state index in [9.17, 15) is 0 Å². The van der Waals surface area contributed by atoms with Gasteiger partial charge in [-0.2, -0.15) is 10.2 Å². The number of methoxy groups -OCH3 is 1.